The van der Waals surface area contributed by atoms with Crippen molar-refractivity contribution in [2.24, 2.45) is 0 Å². The highest BCUT2D eigenvalue weighted by Gasteiger charge is 2.04. The SMILES string of the molecule is C1CCCCC1.C=C(C)C(=O)OC(C)O. The van der Waals surface area contributed by atoms with Crippen molar-refractivity contribution in [2.75, 3.05) is 0 Å². The second-order valence-corrected chi connectivity index (χ2v) is 3.91. The van der Waals surface area contributed by atoms with Crippen molar-refractivity contribution in [1.82, 2.24) is 0 Å². The summed E-state index contributed by atoms with van der Waals surface area (Å²) in [6.45, 7) is 6.20. The summed E-state index contributed by atoms with van der Waals surface area (Å²) in [7, 11) is 0. The minimum absolute atomic E-state index is 0.288. The molecule has 0 amide bonds. The highest BCUT2D eigenvalue weighted by atomic mass is 16.6. The summed E-state index contributed by atoms with van der Waals surface area (Å²) in [6, 6.07) is 0. The molecule has 0 bridgehead atoms. The summed E-state index contributed by atoms with van der Waals surface area (Å²) in [6.07, 6.45) is 7.95. The van der Waals surface area contributed by atoms with Crippen LogP contribution in [0.15, 0.2) is 12.2 Å². The quantitative estimate of drug-likeness (QED) is 0.437. The van der Waals surface area contributed by atoms with Gasteiger partial charge in [0, 0.05) is 5.57 Å². The van der Waals surface area contributed by atoms with Crippen molar-refractivity contribution in [3.63, 3.8) is 0 Å². The number of esters is 1. The van der Waals surface area contributed by atoms with Gasteiger partial charge in [-0.3, -0.25) is 0 Å². The molecular formula is C12H22O3. The van der Waals surface area contributed by atoms with E-state index in [-0.39, 0.29) is 5.57 Å². The van der Waals surface area contributed by atoms with Crippen LogP contribution < -0.4 is 0 Å². The number of carbonyl (C=O) groups excluding carboxylic acids is 1. The molecule has 3 nitrogen and oxygen atoms in total. The minimum atomic E-state index is -1.05. The second-order valence-electron chi connectivity index (χ2n) is 3.91. The monoisotopic (exact) mass is 214 g/mol. The zero-order chi connectivity index (χ0) is 11.7. The fourth-order valence-corrected chi connectivity index (χ4v) is 1.32. The first-order valence-corrected chi connectivity index (χ1v) is 5.58. The van der Waals surface area contributed by atoms with Crippen LogP contribution in [0.1, 0.15) is 52.4 Å². The van der Waals surface area contributed by atoms with E-state index in [1.165, 1.54) is 52.4 Å². The Bertz CT molecular complexity index is 182. The van der Waals surface area contributed by atoms with Crippen LogP contribution in [0.2, 0.25) is 0 Å². The maximum absolute atomic E-state index is 10.5. The number of aliphatic hydroxyl groups is 1. The van der Waals surface area contributed by atoms with Crippen molar-refractivity contribution < 1.29 is 14.6 Å². The van der Waals surface area contributed by atoms with Gasteiger partial charge in [0.05, 0.1) is 0 Å². The standard InChI is InChI=1S/C6H10O3.C6H12/c1-4(2)6(8)9-5(3)7;1-2-4-6-5-3-1/h5,7H,1H2,2-3H3;1-6H2. The summed E-state index contributed by atoms with van der Waals surface area (Å²) in [5.41, 5.74) is 0.288. The van der Waals surface area contributed by atoms with Gasteiger partial charge in [-0.25, -0.2) is 4.79 Å². The van der Waals surface area contributed by atoms with E-state index in [1.54, 1.807) is 0 Å². The van der Waals surface area contributed by atoms with Crippen LogP contribution in [0.25, 0.3) is 0 Å². The highest BCUT2D eigenvalue weighted by molar-refractivity contribution is 5.86. The molecular weight excluding hydrogens is 192 g/mol. The molecule has 1 saturated carbocycles. The number of aliphatic hydroxyl groups excluding tert-OH is 1. The third-order valence-electron chi connectivity index (χ3n) is 2.13. The van der Waals surface area contributed by atoms with E-state index in [2.05, 4.69) is 11.3 Å². The van der Waals surface area contributed by atoms with Crippen molar-refractivity contribution >= 4 is 5.97 Å². The predicted molar refractivity (Wildman–Crippen MR) is 60.3 cm³/mol. The fraction of sp³-hybridized carbons (Fsp3) is 0.750. The molecule has 0 heterocycles. The van der Waals surface area contributed by atoms with Gasteiger partial charge < -0.3 is 9.84 Å². The molecule has 1 aliphatic carbocycles. The minimum Gasteiger partial charge on any atom is -0.433 e. The number of carbonyl (C=O) groups is 1. The van der Waals surface area contributed by atoms with Gasteiger partial charge in [0.2, 0.25) is 0 Å². The third kappa shape index (κ3) is 9.47. The Kier molecular flexibility index (Phi) is 8.01. The molecule has 1 rings (SSSR count). The first kappa shape index (κ1) is 14.2. The number of hydrogen-bond donors (Lipinski definition) is 1. The lowest BCUT2D eigenvalue weighted by Gasteiger charge is -2.05. The van der Waals surface area contributed by atoms with E-state index < -0.39 is 12.3 Å². The lowest BCUT2D eigenvalue weighted by Crippen LogP contribution is -2.13. The molecule has 1 fully saturated rings. The second kappa shape index (κ2) is 8.48. The Labute approximate surface area is 92.1 Å². The van der Waals surface area contributed by atoms with Crippen LogP contribution in [0, 0.1) is 0 Å². The van der Waals surface area contributed by atoms with Crippen LogP contribution >= 0.6 is 0 Å². The smallest absolute Gasteiger partial charge is 0.335 e. The summed E-state index contributed by atoms with van der Waals surface area (Å²) < 4.78 is 4.33. The summed E-state index contributed by atoms with van der Waals surface area (Å²) in [5, 5.41) is 8.49. The zero-order valence-corrected chi connectivity index (χ0v) is 9.79. The lowest BCUT2D eigenvalue weighted by atomic mass is 10.0. The number of rotatable bonds is 2. The molecule has 0 aromatic rings. The van der Waals surface area contributed by atoms with Crippen molar-refractivity contribution in [3.05, 3.63) is 12.2 Å². The van der Waals surface area contributed by atoms with Crippen LogP contribution in [-0.2, 0) is 9.53 Å². The zero-order valence-electron chi connectivity index (χ0n) is 9.79. The predicted octanol–water partition coefficient (Wildman–Crippen LogP) is 2.78. The Balaban J connectivity index is 0.000000280. The van der Waals surface area contributed by atoms with Gasteiger partial charge in [-0.15, -0.1) is 0 Å². The van der Waals surface area contributed by atoms with Gasteiger partial charge >= 0.3 is 5.97 Å². The van der Waals surface area contributed by atoms with Gasteiger partial charge in [-0.1, -0.05) is 45.1 Å². The Morgan fingerprint density at radius 3 is 1.67 bits per heavy atom. The maximum atomic E-state index is 10.5. The summed E-state index contributed by atoms with van der Waals surface area (Å²) in [5.74, 6) is -0.565. The normalized spacial score (nSPS) is 17.0. The van der Waals surface area contributed by atoms with Crippen LogP contribution in [0.5, 0.6) is 0 Å². The Morgan fingerprint density at radius 1 is 1.20 bits per heavy atom. The van der Waals surface area contributed by atoms with Gasteiger partial charge in [0.1, 0.15) is 0 Å². The topological polar surface area (TPSA) is 46.5 Å². The Hall–Kier alpha value is -0.830. The molecule has 88 valence electrons. The summed E-state index contributed by atoms with van der Waals surface area (Å²) >= 11 is 0. The van der Waals surface area contributed by atoms with Gasteiger partial charge in [0.25, 0.3) is 0 Å². The van der Waals surface area contributed by atoms with E-state index in [0.717, 1.165) is 0 Å². The van der Waals surface area contributed by atoms with E-state index in [1.807, 2.05) is 0 Å². The highest BCUT2D eigenvalue weighted by Crippen LogP contribution is 2.15. The van der Waals surface area contributed by atoms with Gasteiger partial charge in [0.15, 0.2) is 6.29 Å². The molecule has 1 N–H and O–H groups in total. The van der Waals surface area contributed by atoms with Crippen molar-refractivity contribution in [2.45, 2.75) is 58.7 Å². The van der Waals surface area contributed by atoms with Crippen LogP contribution in [0.3, 0.4) is 0 Å². The van der Waals surface area contributed by atoms with E-state index in [9.17, 15) is 4.79 Å². The van der Waals surface area contributed by atoms with Crippen LogP contribution in [0.4, 0.5) is 0 Å². The van der Waals surface area contributed by atoms with Gasteiger partial charge in [-0.2, -0.15) is 0 Å². The van der Waals surface area contributed by atoms with Crippen molar-refractivity contribution in [1.29, 1.82) is 0 Å². The van der Waals surface area contributed by atoms with Gasteiger partial charge in [-0.05, 0) is 13.8 Å². The molecule has 0 radical (unpaired) electrons. The molecule has 15 heavy (non-hydrogen) atoms. The molecule has 0 aliphatic heterocycles. The van der Waals surface area contributed by atoms with E-state index >= 15 is 0 Å². The first-order valence-electron chi connectivity index (χ1n) is 5.58. The van der Waals surface area contributed by atoms with E-state index in [4.69, 9.17) is 5.11 Å². The largest absolute Gasteiger partial charge is 0.433 e. The molecule has 1 atom stereocenters. The first-order chi connectivity index (χ1) is 7.04. The average Bonchev–Trinajstić information content (AvgIpc) is 2.20. The molecule has 1 unspecified atom stereocenters. The fourth-order valence-electron chi connectivity index (χ4n) is 1.32. The van der Waals surface area contributed by atoms with Crippen LogP contribution in [-0.4, -0.2) is 17.4 Å². The molecule has 3 heteroatoms. The third-order valence-corrected chi connectivity index (χ3v) is 2.13. The molecule has 0 aromatic carbocycles. The number of ether oxygens (including phenoxy) is 1. The average molecular weight is 214 g/mol. The number of hydrogen-bond acceptors (Lipinski definition) is 3. The maximum Gasteiger partial charge on any atom is 0.335 e. The molecule has 0 spiro atoms. The lowest BCUT2D eigenvalue weighted by molar-refractivity contribution is -0.159. The molecule has 0 aromatic heterocycles. The Morgan fingerprint density at radius 2 is 1.53 bits per heavy atom. The molecule has 0 saturated heterocycles. The van der Waals surface area contributed by atoms with E-state index in [0.29, 0.717) is 0 Å². The summed E-state index contributed by atoms with van der Waals surface area (Å²) in [4.78, 5) is 10.5. The van der Waals surface area contributed by atoms with Crippen molar-refractivity contribution in [3.8, 4) is 0 Å². The molecule has 1 aliphatic rings.